The van der Waals surface area contributed by atoms with Crippen molar-refractivity contribution in [1.29, 1.82) is 0 Å². The fourth-order valence-electron chi connectivity index (χ4n) is 10.0. The summed E-state index contributed by atoms with van der Waals surface area (Å²) < 4.78 is 30.0. The molecule has 14 unspecified atom stereocenters. The number of allylic oxidation sites excluding steroid dienone is 4. The van der Waals surface area contributed by atoms with Crippen molar-refractivity contribution < 1.29 is 58.2 Å². The zero-order chi connectivity index (χ0) is 44.5. The number of ketones is 2. The number of hydrogen-bond acceptors (Lipinski definition) is 12. The van der Waals surface area contributed by atoms with Crippen LogP contribution in [0.2, 0.25) is 0 Å². The lowest BCUT2D eigenvalue weighted by Crippen LogP contribution is -2.64. The first-order valence-corrected chi connectivity index (χ1v) is 21.9. The van der Waals surface area contributed by atoms with Crippen molar-refractivity contribution in [1.82, 2.24) is 4.90 Å². The van der Waals surface area contributed by atoms with Gasteiger partial charge in [0.25, 0.3) is 11.7 Å². The van der Waals surface area contributed by atoms with E-state index in [1.165, 1.54) is 19.1 Å². The van der Waals surface area contributed by atoms with Crippen LogP contribution in [0.4, 0.5) is 0 Å². The van der Waals surface area contributed by atoms with E-state index in [0.29, 0.717) is 63.4 Å². The maximum atomic E-state index is 14.4. The van der Waals surface area contributed by atoms with Crippen LogP contribution in [0, 0.1) is 29.6 Å². The summed E-state index contributed by atoms with van der Waals surface area (Å²) in [5.41, 5.74) is 0.528. The molecule has 4 rings (SSSR count). The fourth-order valence-corrected chi connectivity index (χ4v) is 10.0. The molecule has 3 heterocycles. The maximum Gasteiger partial charge on any atom is 0.329 e. The topological polar surface area (TPSA) is 178 Å². The van der Waals surface area contributed by atoms with Crippen LogP contribution in [0.1, 0.15) is 112 Å². The van der Waals surface area contributed by atoms with E-state index < -0.39 is 89.5 Å². The Hall–Kier alpha value is -3.04. The third-order valence-corrected chi connectivity index (χ3v) is 13.6. The normalized spacial score (nSPS) is 40.7. The number of Topliss-reactive ketones (excluding diaryl/α,β-unsaturated/α-hetero) is 2. The summed E-state index contributed by atoms with van der Waals surface area (Å²) in [6.07, 6.45) is 7.17. The molecular formula is C47H73NO12. The SMILES string of the molecule is C=CCC1/C=C(\C)CC(C)CC(OC)C2OC(O)(C(=O)C(=O)N3CCCCC3C(=O)OC(C(C)=CC3CCC(O)(CC=C)C(OC)C3)C(C)C(O)CC1=O)C(C)CC2OC. The Bertz CT molecular complexity index is 1590. The first kappa shape index (κ1) is 49.6. The van der Waals surface area contributed by atoms with Crippen molar-refractivity contribution >= 4 is 23.4 Å². The molecule has 2 saturated heterocycles. The monoisotopic (exact) mass is 844 g/mol. The quantitative estimate of drug-likeness (QED) is 0.149. The molecule has 14 atom stereocenters. The second-order valence-electron chi connectivity index (χ2n) is 18.2. The number of rotatable bonds is 9. The van der Waals surface area contributed by atoms with Gasteiger partial charge in [-0.25, -0.2) is 4.79 Å². The number of carbonyl (C=O) groups is 4. The number of piperidine rings is 1. The average molecular weight is 844 g/mol. The molecule has 0 aromatic heterocycles. The molecule has 338 valence electrons. The number of amides is 1. The van der Waals surface area contributed by atoms with E-state index in [1.54, 1.807) is 33.1 Å². The van der Waals surface area contributed by atoms with Crippen molar-refractivity contribution in [2.24, 2.45) is 29.6 Å². The molecule has 3 N–H and O–H groups in total. The van der Waals surface area contributed by atoms with Gasteiger partial charge in [0.15, 0.2) is 0 Å². The third-order valence-electron chi connectivity index (χ3n) is 13.6. The summed E-state index contributed by atoms with van der Waals surface area (Å²) in [6, 6.07) is -1.16. The molecule has 1 amide bonds. The van der Waals surface area contributed by atoms with E-state index in [4.69, 9.17) is 23.7 Å². The average Bonchev–Trinajstić information content (AvgIpc) is 3.21. The van der Waals surface area contributed by atoms with Crippen molar-refractivity contribution in [3.05, 3.63) is 48.6 Å². The summed E-state index contributed by atoms with van der Waals surface area (Å²) in [5, 5.41) is 35.2. The number of fused-ring (bicyclic) bond motifs is 3. The Morgan fingerprint density at radius 1 is 0.950 bits per heavy atom. The Labute approximate surface area is 357 Å². The highest BCUT2D eigenvalue weighted by molar-refractivity contribution is 6.39. The molecule has 3 fully saturated rings. The van der Waals surface area contributed by atoms with Crippen LogP contribution in [0.3, 0.4) is 0 Å². The molecular weight excluding hydrogens is 771 g/mol. The van der Waals surface area contributed by atoms with Gasteiger partial charge in [0, 0.05) is 52.0 Å². The number of cyclic esters (lactones) is 1. The van der Waals surface area contributed by atoms with Crippen LogP contribution in [0.15, 0.2) is 48.6 Å². The largest absolute Gasteiger partial charge is 0.456 e. The zero-order valence-electron chi connectivity index (χ0n) is 37.3. The van der Waals surface area contributed by atoms with E-state index in [-0.39, 0.29) is 43.4 Å². The van der Waals surface area contributed by atoms with Crippen LogP contribution in [0.5, 0.6) is 0 Å². The number of carbonyl (C=O) groups excluding carboxylic acids is 4. The van der Waals surface area contributed by atoms with Gasteiger partial charge in [-0.2, -0.15) is 0 Å². The van der Waals surface area contributed by atoms with E-state index in [2.05, 4.69) is 13.2 Å². The number of hydrogen-bond donors (Lipinski definition) is 3. The molecule has 4 aliphatic rings. The Morgan fingerprint density at radius 2 is 1.63 bits per heavy atom. The first-order valence-electron chi connectivity index (χ1n) is 21.9. The van der Waals surface area contributed by atoms with Gasteiger partial charge in [-0.05, 0) is 102 Å². The lowest BCUT2D eigenvalue weighted by Gasteiger charge is -2.47. The number of methoxy groups -OCH3 is 3. The summed E-state index contributed by atoms with van der Waals surface area (Å²) in [7, 11) is 4.61. The number of aliphatic hydroxyl groups is 3. The highest BCUT2D eigenvalue weighted by Crippen LogP contribution is 2.40. The summed E-state index contributed by atoms with van der Waals surface area (Å²) in [5.74, 6) is -7.90. The Morgan fingerprint density at radius 3 is 2.27 bits per heavy atom. The summed E-state index contributed by atoms with van der Waals surface area (Å²) in [4.78, 5) is 58.1. The fraction of sp³-hybridized carbons (Fsp3) is 0.745. The van der Waals surface area contributed by atoms with E-state index in [1.807, 2.05) is 32.9 Å². The molecule has 3 aliphatic heterocycles. The van der Waals surface area contributed by atoms with Crippen LogP contribution in [-0.4, -0.2) is 126 Å². The van der Waals surface area contributed by atoms with Crippen molar-refractivity contribution in [3.63, 3.8) is 0 Å². The number of ether oxygens (including phenoxy) is 5. The Kier molecular flexibility index (Phi) is 18.1. The van der Waals surface area contributed by atoms with Gasteiger partial charge in [0.1, 0.15) is 24.0 Å². The Balaban J connectivity index is 1.78. The lowest BCUT2D eigenvalue weighted by molar-refractivity contribution is -0.302. The lowest BCUT2D eigenvalue weighted by atomic mass is 9.74. The van der Waals surface area contributed by atoms with Gasteiger partial charge < -0.3 is 43.9 Å². The van der Waals surface area contributed by atoms with Gasteiger partial charge in [-0.3, -0.25) is 14.4 Å². The van der Waals surface area contributed by atoms with Gasteiger partial charge in [-0.15, -0.1) is 13.2 Å². The highest BCUT2D eigenvalue weighted by Gasteiger charge is 2.56. The van der Waals surface area contributed by atoms with Crippen LogP contribution < -0.4 is 0 Å². The molecule has 13 nitrogen and oxygen atoms in total. The number of aliphatic hydroxyl groups excluding tert-OH is 1. The van der Waals surface area contributed by atoms with Crippen molar-refractivity contribution in [3.8, 4) is 0 Å². The molecule has 0 spiro atoms. The van der Waals surface area contributed by atoms with Crippen molar-refractivity contribution in [2.45, 2.75) is 166 Å². The molecule has 13 heteroatoms. The van der Waals surface area contributed by atoms with E-state index in [9.17, 15) is 34.5 Å². The maximum absolute atomic E-state index is 14.4. The standard InChI is InChI=1S/C47H73NO12/c1-11-15-34-22-28(3)21-29(4)23-38(56-8)42-39(57-9)25-31(6)47(55,60-42)43(51)44(52)48-20-14-13-16-35(48)45(53)59-41(32(7)36(49)27-37(34)50)30(5)24-33-17-19-46(54,18-12-2)40(26-33)58-10/h11-12,22,24,29,31-36,38-42,49,54-55H,1-2,13-21,23,25-27H2,3-10H3/b28-22+,30-24?. The number of esters is 1. The third kappa shape index (κ3) is 11.5. The molecule has 0 aromatic rings. The van der Waals surface area contributed by atoms with Crippen LogP contribution in [0.25, 0.3) is 0 Å². The van der Waals surface area contributed by atoms with E-state index >= 15 is 0 Å². The predicted octanol–water partition coefficient (Wildman–Crippen LogP) is 5.59. The summed E-state index contributed by atoms with van der Waals surface area (Å²) >= 11 is 0. The molecule has 1 aliphatic carbocycles. The van der Waals surface area contributed by atoms with E-state index in [0.717, 1.165) is 5.57 Å². The van der Waals surface area contributed by atoms with Gasteiger partial charge in [0.2, 0.25) is 5.79 Å². The predicted molar refractivity (Wildman–Crippen MR) is 226 cm³/mol. The van der Waals surface area contributed by atoms with Gasteiger partial charge in [0.05, 0.1) is 30.0 Å². The smallest absolute Gasteiger partial charge is 0.329 e. The minimum absolute atomic E-state index is 0.00296. The van der Waals surface area contributed by atoms with Crippen molar-refractivity contribution in [2.75, 3.05) is 27.9 Å². The highest BCUT2D eigenvalue weighted by atomic mass is 16.7. The second kappa shape index (κ2) is 21.8. The summed E-state index contributed by atoms with van der Waals surface area (Å²) in [6.45, 7) is 16.9. The first-order chi connectivity index (χ1) is 28.4. The molecule has 2 bridgehead atoms. The van der Waals surface area contributed by atoms with Gasteiger partial charge >= 0.3 is 5.97 Å². The van der Waals surface area contributed by atoms with Crippen LogP contribution in [-0.2, 0) is 42.9 Å². The molecule has 60 heavy (non-hydrogen) atoms. The minimum atomic E-state index is -2.52. The van der Waals surface area contributed by atoms with Gasteiger partial charge in [-0.1, -0.05) is 50.6 Å². The zero-order valence-corrected chi connectivity index (χ0v) is 37.3. The minimum Gasteiger partial charge on any atom is -0.456 e. The number of nitrogens with zero attached hydrogens (tertiary/aromatic N) is 1. The van der Waals surface area contributed by atoms with Crippen LogP contribution >= 0.6 is 0 Å². The molecule has 1 saturated carbocycles. The molecule has 0 radical (unpaired) electrons. The second-order valence-corrected chi connectivity index (χ2v) is 18.2. The molecule has 0 aromatic carbocycles.